The van der Waals surface area contributed by atoms with Crippen molar-refractivity contribution in [2.24, 2.45) is 11.8 Å². The Morgan fingerprint density at radius 1 is 1.25 bits per heavy atom. The summed E-state index contributed by atoms with van der Waals surface area (Å²) < 4.78 is 1.88. The highest BCUT2D eigenvalue weighted by Crippen LogP contribution is 2.12. The van der Waals surface area contributed by atoms with Crippen LogP contribution < -0.4 is 0 Å². The Hall–Kier alpha value is -1.19. The SMILES string of the molecule is CC(C)CCn1nnc(C=O)c1CC(C)C. The van der Waals surface area contributed by atoms with Crippen LogP contribution >= 0.6 is 0 Å². The summed E-state index contributed by atoms with van der Waals surface area (Å²) in [4.78, 5) is 10.8. The van der Waals surface area contributed by atoms with Crippen LogP contribution in [0.15, 0.2) is 0 Å². The average molecular weight is 223 g/mol. The molecule has 1 aromatic heterocycles. The molecule has 0 fully saturated rings. The highest BCUT2D eigenvalue weighted by molar-refractivity contribution is 5.73. The number of carbonyl (C=O) groups is 1. The summed E-state index contributed by atoms with van der Waals surface area (Å²) in [7, 11) is 0. The molecule has 4 nitrogen and oxygen atoms in total. The van der Waals surface area contributed by atoms with E-state index in [1.54, 1.807) is 0 Å². The highest BCUT2D eigenvalue weighted by atomic mass is 16.1. The van der Waals surface area contributed by atoms with E-state index in [0.29, 0.717) is 17.5 Å². The van der Waals surface area contributed by atoms with Gasteiger partial charge in [-0.15, -0.1) is 5.10 Å². The van der Waals surface area contributed by atoms with Gasteiger partial charge in [-0.2, -0.15) is 0 Å². The molecular formula is C12H21N3O. The molecule has 0 amide bonds. The van der Waals surface area contributed by atoms with Gasteiger partial charge in [0.2, 0.25) is 0 Å². The van der Waals surface area contributed by atoms with Crippen LogP contribution in [0.3, 0.4) is 0 Å². The zero-order valence-corrected chi connectivity index (χ0v) is 10.6. The Bertz CT molecular complexity index is 342. The fraction of sp³-hybridized carbons (Fsp3) is 0.750. The van der Waals surface area contributed by atoms with E-state index < -0.39 is 0 Å². The van der Waals surface area contributed by atoms with Gasteiger partial charge in [0.1, 0.15) is 5.69 Å². The molecule has 1 rings (SSSR count). The minimum absolute atomic E-state index is 0.498. The van der Waals surface area contributed by atoms with Crippen LogP contribution in [0.2, 0.25) is 0 Å². The molecule has 0 spiro atoms. The Balaban J connectivity index is 2.82. The Labute approximate surface area is 97.0 Å². The van der Waals surface area contributed by atoms with Gasteiger partial charge in [0.05, 0.1) is 5.69 Å². The number of aromatic nitrogens is 3. The normalized spacial score (nSPS) is 11.4. The van der Waals surface area contributed by atoms with E-state index >= 15 is 0 Å². The number of carbonyl (C=O) groups excluding carboxylic acids is 1. The molecule has 4 heteroatoms. The van der Waals surface area contributed by atoms with Crippen molar-refractivity contribution < 1.29 is 4.79 Å². The summed E-state index contributed by atoms with van der Waals surface area (Å²) in [6.07, 6.45) is 2.72. The smallest absolute Gasteiger partial charge is 0.172 e. The van der Waals surface area contributed by atoms with Crippen molar-refractivity contribution in [3.63, 3.8) is 0 Å². The highest BCUT2D eigenvalue weighted by Gasteiger charge is 2.13. The third kappa shape index (κ3) is 3.43. The first-order chi connectivity index (χ1) is 7.54. The van der Waals surface area contributed by atoms with Crippen LogP contribution in [0.5, 0.6) is 0 Å². The van der Waals surface area contributed by atoms with E-state index in [9.17, 15) is 4.79 Å². The van der Waals surface area contributed by atoms with Crippen molar-refractivity contribution >= 4 is 6.29 Å². The zero-order valence-electron chi connectivity index (χ0n) is 10.6. The molecular weight excluding hydrogens is 202 g/mol. The van der Waals surface area contributed by atoms with Gasteiger partial charge in [0, 0.05) is 6.54 Å². The van der Waals surface area contributed by atoms with Gasteiger partial charge in [-0.3, -0.25) is 4.79 Å². The summed E-state index contributed by atoms with van der Waals surface area (Å²) in [6.45, 7) is 9.47. The lowest BCUT2D eigenvalue weighted by Crippen LogP contribution is -2.10. The second-order valence-electron chi connectivity index (χ2n) is 5.04. The lowest BCUT2D eigenvalue weighted by atomic mass is 10.1. The van der Waals surface area contributed by atoms with Crippen molar-refractivity contribution in [3.05, 3.63) is 11.4 Å². The van der Waals surface area contributed by atoms with Crippen LogP contribution in [0.25, 0.3) is 0 Å². The third-order valence-electron chi connectivity index (χ3n) is 2.50. The van der Waals surface area contributed by atoms with Gasteiger partial charge < -0.3 is 0 Å². The summed E-state index contributed by atoms with van der Waals surface area (Å²) >= 11 is 0. The largest absolute Gasteiger partial charge is 0.296 e. The molecule has 0 bridgehead atoms. The molecule has 0 atom stereocenters. The van der Waals surface area contributed by atoms with Crippen LogP contribution in [-0.2, 0) is 13.0 Å². The molecule has 1 aromatic rings. The maximum Gasteiger partial charge on any atom is 0.172 e. The first-order valence-corrected chi connectivity index (χ1v) is 5.92. The number of aldehydes is 1. The molecule has 0 aliphatic heterocycles. The van der Waals surface area contributed by atoms with Crippen molar-refractivity contribution in [1.82, 2.24) is 15.0 Å². The van der Waals surface area contributed by atoms with Crippen molar-refractivity contribution in [2.75, 3.05) is 0 Å². The monoisotopic (exact) mass is 223 g/mol. The van der Waals surface area contributed by atoms with E-state index in [1.165, 1.54) is 0 Å². The van der Waals surface area contributed by atoms with E-state index in [-0.39, 0.29) is 0 Å². The molecule has 0 unspecified atom stereocenters. The van der Waals surface area contributed by atoms with Crippen molar-refractivity contribution in [1.29, 1.82) is 0 Å². The molecule has 0 aliphatic carbocycles. The Morgan fingerprint density at radius 3 is 2.44 bits per heavy atom. The number of rotatable bonds is 6. The summed E-state index contributed by atoms with van der Waals surface area (Å²) in [6, 6.07) is 0. The van der Waals surface area contributed by atoms with Crippen LogP contribution in [0, 0.1) is 11.8 Å². The number of hydrogen-bond acceptors (Lipinski definition) is 3. The maximum absolute atomic E-state index is 10.8. The lowest BCUT2D eigenvalue weighted by Gasteiger charge is -2.10. The molecule has 0 saturated carbocycles. The van der Waals surface area contributed by atoms with E-state index in [1.807, 2.05) is 4.68 Å². The zero-order chi connectivity index (χ0) is 12.1. The van der Waals surface area contributed by atoms with Gasteiger partial charge in [-0.25, -0.2) is 4.68 Å². The van der Waals surface area contributed by atoms with Gasteiger partial charge in [-0.05, 0) is 24.7 Å². The molecule has 0 N–H and O–H groups in total. The Morgan fingerprint density at radius 2 is 1.94 bits per heavy atom. The number of aryl methyl sites for hydroxylation is 1. The van der Waals surface area contributed by atoms with E-state index in [4.69, 9.17) is 0 Å². The Kier molecular flexibility index (Phi) is 4.65. The minimum atomic E-state index is 0.498. The predicted molar refractivity (Wildman–Crippen MR) is 63.4 cm³/mol. The molecule has 90 valence electrons. The molecule has 0 radical (unpaired) electrons. The van der Waals surface area contributed by atoms with Gasteiger partial charge >= 0.3 is 0 Å². The van der Waals surface area contributed by atoms with Gasteiger partial charge in [0.15, 0.2) is 6.29 Å². The number of nitrogens with zero attached hydrogens (tertiary/aromatic N) is 3. The minimum Gasteiger partial charge on any atom is -0.296 e. The fourth-order valence-electron chi connectivity index (χ4n) is 1.59. The first kappa shape index (κ1) is 12.9. The quantitative estimate of drug-likeness (QED) is 0.695. The molecule has 16 heavy (non-hydrogen) atoms. The van der Waals surface area contributed by atoms with E-state index in [0.717, 1.165) is 31.4 Å². The van der Waals surface area contributed by atoms with Crippen LogP contribution in [0.4, 0.5) is 0 Å². The van der Waals surface area contributed by atoms with Crippen LogP contribution in [0.1, 0.15) is 50.3 Å². The second-order valence-corrected chi connectivity index (χ2v) is 5.04. The van der Waals surface area contributed by atoms with Crippen molar-refractivity contribution in [3.8, 4) is 0 Å². The topological polar surface area (TPSA) is 47.8 Å². The van der Waals surface area contributed by atoms with E-state index in [2.05, 4.69) is 38.0 Å². The average Bonchev–Trinajstić information content (AvgIpc) is 2.56. The summed E-state index contributed by atoms with van der Waals surface area (Å²) in [5.74, 6) is 1.14. The maximum atomic E-state index is 10.8. The lowest BCUT2D eigenvalue weighted by molar-refractivity contribution is 0.111. The van der Waals surface area contributed by atoms with Gasteiger partial charge in [0.25, 0.3) is 0 Å². The summed E-state index contributed by atoms with van der Waals surface area (Å²) in [5.41, 5.74) is 1.48. The van der Waals surface area contributed by atoms with Crippen LogP contribution in [-0.4, -0.2) is 21.3 Å². The second kappa shape index (κ2) is 5.77. The molecule has 0 saturated heterocycles. The standard InChI is InChI=1S/C12H21N3O/c1-9(2)5-6-15-12(7-10(3)4)11(8-16)13-14-15/h8-10H,5-7H2,1-4H3. The predicted octanol–water partition coefficient (Wildman–Crippen LogP) is 2.34. The third-order valence-corrected chi connectivity index (χ3v) is 2.50. The van der Waals surface area contributed by atoms with Gasteiger partial charge in [-0.1, -0.05) is 32.9 Å². The molecule has 1 heterocycles. The first-order valence-electron chi connectivity index (χ1n) is 5.92. The summed E-state index contributed by atoms with van der Waals surface area (Å²) in [5, 5.41) is 7.96. The van der Waals surface area contributed by atoms with Crippen molar-refractivity contribution in [2.45, 2.75) is 47.1 Å². The molecule has 0 aliphatic rings. The number of hydrogen-bond donors (Lipinski definition) is 0. The molecule has 0 aromatic carbocycles. The fourth-order valence-corrected chi connectivity index (χ4v) is 1.59.